The Labute approximate surface area is 258 Å². The van der Waals surface area contributed by atoms with Crippen LogP contribution in [-0.4, -0.2) is 78.7 Å². The maximum Gasteiger partial charge on any atom is 0.343 e. The van der Waals surface area contributed by atoms with Gasteiger partial charge in [-0.1, -0.05) is 36.4 Å². The van der Waals surface area contributed by atoms with Gasteiger partial charge in [-0.15, -0.1) is 0 Å². The van der Waals surface area contributed by atoms with Gasteiger partial charge < -0.3 is 37.9 Å². The number of hydrogen-bond acceptors (Lipinski definition) is 12. The molecule has 4 aromatic rings. The van der Waals surface area contributed by atoms with E-state index in [1.807, 2.05) is 24.3 Å². The van der Waals surface area contributed by atoms with Crippen LogP contribution in [0, 0.1) is 0 Å². The van der Waals surface area contributed by atoms with Crippen LogP contribution in [0.1, 0.15) is 11.1 Å². The first kappa shape index (κ1) is 32.4. The Kier molecular flexibility index (Phi) is 11.0. The molecular formula is C33H32O12. The van der Waals surface area contributed by atoms with E-state index in [1.54, 1.807) is 36.4 Å². The van der Waals surface area contributed by atoms with Crippen molar-refractivity contribution in [2.45, 2.75) is 6.42 Å². The van der Waals surface area contributed by atoms with Gasteiger partial charge in [-0.2, -0.15) is 0 Å². The predicted octanol–water partition coefficient (Wildman–Crippen LogP) is 3.79. The third-order valence-electron chi connectivity index (χ3n) is 6.77. The first-order valence-corrected chi connectivity index (χ1v) is 13.7. The maximum atomic E-state index is 11.9. The fraction of sp³-hybridized carbons (Fsp3) is 0.273. The molecule has 0 N–H and O–H groups in total. The lowest BCUT2D eigenvalue weighted by Gasteiger charge is -2.18. The lowest BCUT2D eigenvalue weighted by molar-refractivity contribution is -0.143. The summed E-state index contributed by atoms with van der Waals surface area (Å²) in [6.45, 7) is -1.28. The smallest absolute Gasteiger partial charge is 0.343 e. The fourth-order valence-corrected chi connectivity index (χ4v) is 4.61. The summed E-state index contributed by atoms with van der Waals surface area (Å²) in [7, 11) is 5.07. The highest BCUT2D eigenvalue weighted by atomic mass is 16.6. The van der Waals surface area contributed by atoms with Crippen LogP contribution in [-0.2, 0) is 44.5 Å². The second-order valence-corrected chi connectivity index (χ2v) is 9.44. The van der Waals surface area contributed by atoms with Crippen LogP contribution in [0.3, 0.4) is 0 Å². The first-order valence-electron chi connectivity index (χ1n) is 13.7. The van der Waals surface area contributed by atoms with Gasteiger partial charge in [0.05, 0.1) is 28.4 Å². The Hall–Kier alpha value is -5.52. The molecule has 0 saturated heterocycles. The number of benzene rings is 4. The number of methoxy groups -OCH3 is 4. The molecule has 0 spiro atoms. The van der Waals surface area contributed by atoms with E-state index >= 15 is 0 Å². The molecule has 4 aromatic carbocycles. The molecule has 0 radical (unpaired) electrons. The van der Waals surface area contributed by atoms with E-state index in [4.69, 9.17) is 37.9 Å². The minimum Gasteiger partial charge on any atom is -0.481 e. The van der Waals surface area contributed by atoms with Gasteiger partial charge in [0.1, 0.15) is 23.0 Å². The molecule has 45 heavy (non-hydrogen) atoms. The number of ether oxygens (including phenoxy) is 8. The first-order chi connectivity index (χ1) is 21.8. The Morgan fingerprint density at radius 1 is 0.444 bits per heavy atom. The minimum atomic E-state index is -0.562. The van der Waals surface area contributed by atoms with Gasteiger partial charge in [0, 0.05) is 21.5 Å². The van der Waals surface area contributed by atoms with Crippen molar-refractivity contribution >= 4 is 45.4 Å². The average Bonchev–Trinajstić information content (AvgIpc) is 3.07. The second-order valence-electron chi connectivity index (χ2n) is 9.44. The average molecular weight is 621 g/mol. The molecule has 0 amide bonds. The van der Waals surface area contributed by atoms with Crippen LogP contribution in [0.15, 0.2) is 60.7 Å². The molecular weight excluding hydrogens is 588 g/mol. The maximum absolute atomic E-state index is 11.9. The van der Waals surface area contributed by atoms with Crippen molar-refractivity contribution in [3.05, 3.63) is 71.8 Å². The largest absolute Gasteiger partial charge is 0.481 e. The normalized spacial score (nSPS) is 10.6. The van der Waals surface area contributed by atoms with Crippen molar-refractivity contribution in [3.8, 4) is 23.0 Å². The monoisotopic (exact) mass is 620 g/mol. The van der Waals surface area contributed by atoms with Gasteiger partial charge in [-0.25, -0.2) is 19.2 Å². The molecule has 0 atom stereocenters. The summed E-state index contributed by atoms with van der Waals surface area (Å²) in [5.41, 5.74) is 1.56. The molecule has 0 aliphatic carbocycles. The van der Waals surface area contributed by atoms with Crippen molar-refractivity contribution in [1.29, 1.82) is 0 Å². The van der Waals surface area contributed by atoms with E-state index in [9.17, 15) is 19.2 Å². The quantitative estimate of drug-likeness (QED) is 0.150. The molecule has 12 nitrogen and oxygen atoms in total. The standard InChI is InChI=1S/C33H32O12/c1-38-28(34)16-42-24-13-11-20(32-22(24)7-5-9-26(32)44-18-30(36)40-3)15-21-12-14-25(43-17-29(35)39-2)23-8-6-10-27(33(21)23)45-19-31(37)41-4/h5-14H,15-19H2,1-4H3. The Morgan fingerprint density at radius 2 is 0.778 bits per heavy atom. The number of hydrogen-bond donors (Lipinski definition) is 0. The van der Waals surface area contributed by atoms with Crippen LogP contribution in [0.2, 0.25) is 0 Å². The fourth-order valence-electron chi connectivity index (χ4n) is 4.61. The summed E-state index contributed by atoms with van der Waals surface area (Å²) in [6.07, 6.45) is 0.318. The number of rotatable bonds is 14. The van der Waals surface area contributed by atoms with Gasteiger partial charge in [-0.3, -0.25) is 0 Å². The highest BCUT2D eigenvalue weighted by molar-refractivity contribution is 5.99. The van der Waals surface area contributed by atoms with Crippen LogP contribution >= 0.6 is 0 Å². The van der Waals surface area contributed by atoms with Gasteiger partial charge in [-0.05, 0) is 41.8 Å². The van der Waals surface area contributed by atoms with Gasteiger partial charge in [0.2, 0.25) is 0 Å². The van der Waals surface area contributed by atoms with E-state index in [-0.39, 0.29) is 26.4 Å². The van der Waals surface area contributed by atoms with E-state index in [0.29, 0.717) is 51.0 Å². The zero-order valence-electron chi connectivity index (χ0n) is 25.2. The molecule has 0 bridgehead atoms. The second kappa shape index (κ2) is 15.3. The molecule has 0 fully saturated rings. The van der Waals surface area contributed by atoms with E-state index in [1.165, 1.54) is 28.4 Å². The molecule has 0 aliphatic rings. The molecule has 0 saturated carbocycles. The van der Waals surface area contributed by atoms with Crippen LogP contribution in [0.25, 0.3) is 21.5 Å². The van der Waals surface area contributed by atoms with Gasteiger partial charge >= 0.3 is 23.9 Å². The third-order valence-corrected chi connectivity index (χ3v) is 6.77. The van der Waals surface area contributed by atoms with Crippen molar-refractivity contribution in [3.63, 3.8) is 0 Å². The summed E-state index contributed by atoms with van der Waals surface area (Å²) >= 11 is 0. The molecule has 0 heterocycles. The van der Waals surface area contributed by atoms with E-state index < -0.39 is 23.9 Å². The van der Waals surface area contributed by atoms with Gasteiger partial charge in [0.15, 0.2) is 26.4 Å². The minimum absolute atomic E-state index is 0.309. The third kappa shape index (κ3) is 7.91. The van der Waals surface area contributed by atoms with E-state index in [0.717, 1.165) is 11.1 Å². The Morgan fingerprint density at radius 3 is 1.11 bits per heavy atom. The number of fused-ring (bicyclic) bond motifs is 2. The molecule has 0 aliphatic heterocycles. The van der Waals surface area contributed by atoms with E-state index in [2.05, 4.69) is 0 Å². The number of esters is 4. The summed E-state index contributed by atoms with van der Waals surface area (Å²) in [4.78, 5) is 47.5. The highest BCUT2D eigenvalue weighted by Crippen LogP contribution is 2.40. The SMILES string of the molecule is COC(=O)COc1ccc(Cc2ccc(OCC(=O)OC)c3cccc(OCC(=O)OC)c23)c2c(OCC(=O)OC)cccc12. The predicted molar refractivity (Wildman–Crippen MR) is 161 cm³/mol. The summed E-state index contributed by atoms with van der Waals surface area (Å²) in [5, 5.41) is 2.53. The van der Waals surface area contributed by atoms with Gasteiger partial charge in [0.25, 0.3) is 0 Å². The Bertz CT molecular complexity index is 1590. The zero-order valence-corrected chi connectivity index (χ0v) is 25.2. The molecule has 0 aromatic heterocycles. The van der Waals surface area contributed by atoms with Crippen molar-refractivity contribution in [2.24, 2.45) is 0 Å². The van der Waals surface area contributed by atoms with Crippen LogP contribution in [0.5, 0.6) is 23.0 Å². The van der Waals surface area contributed by atoms with Crippen LogP contribution in [0.4, 0.5) is 0 Å². The number of carbonyl (C=O) groups excluding carboxylic acids is 4. The molecule has 4 rings (SSSR count). The zero-order chi connectivity index (χ0) is 32.3. The lowest BCUT2D eigenvalue weighted by Crippen LogP contribution is -2.14. The molecule has 236 valence electrons. The molecule has 0 unspecified atom stereocenters. The Balaban J connectivity index is 1.86. The summed E-state index contributed by atoms with van der Waals surface area (Å²) in [6, 6.07) is 17.6. The van der Waals surface area contributed by atoms with Crippen molar-refractivity contribution in [2.75, 3.05) is 54.9 Å². The number of carbonyl (C=O) groups is 4. The summed E-state index contributed by atoms with van der Waals surface area (Å²) in [5.74, 6) is -0.638. The topological polar surface area (TPSA) is 142 Å². The molecule has 12 heteroatoms. The van der Waals surface area contributed by atoms with Crippen LogP contribution < -0.4 is 18.9 Å². The van der Waals surface area contributed by atoms with Crippen molar-refractivity contribution in [1.82, 2.24) is 0 Å². The highest BCUT2D eigenvalue weighted by Gasteiger charge is 2.19. The van der Waals surface area contributed by atoms with Crippen molar-refractivity contribution < 1.29 is 57.1 Å². The lowest BCUT2D eigenvalue weighted by atomic mass is 9.93. The summed E-state index contributed by atoms with van der Waals surface area (Å²) < 4.78 is 42.2.